The zero-order valence-corrected chi connectivity index (χ0v) is 18.4. The Hall–Kier alpha value is -3.74. The van der Waals surface area contributed by atoms with Crippen molar-refractivity contribution in [2.45, 2.75) is 39.8 Å². The van der Waals surface area contributed by atoms with E-state index in [1.54, 1.807) is 26.0 Å². The molecule has 0 spiro atoms. The molecular formula is C25H27N3O4. The molecule has 3 rings (SSSR count). The molecule has 3 aromatic rings. The number of aliphatic carboxylic acids is 1. The minimum atomic E-state index is -1.14. The zero-order valence-electron chi connectivity index (χ0n) is 18.4. The van der Waals surface area contributed by atoms with Crippen LogP contribution in [0.1, 0.15) is 37.6 Å². The van der Waals surface area contributed by atoms with E-state index in [0.717, 1.165) is 5.56 Å². The first-order valence-electron chi connectivity index (χ1n) is 10.7. The van der Waals surface area contributed by atoms with Crippen LogP contribution in [0.25, 0.3) is 22.4 Å². The SMILES string of the molecule is CCC(C)C(NC(=O)c1c(-c2ccccc2)c(-c2ccccc2)nn(CC)c1=O)C(=O)O. The van der Waals surface area contributed by atoms with Crippen LogP contribution < -0.4 is 10.9 Å². The van der Waals surface area contributed by atoms with E-state index < -0.39 is 23.5 Å². The second-order valence-corrected chi connectivity index (χ2v) is 7.63. The van der Waals surface area contributed by atoms with E-state index in [9.17, 15) is 19.5 Å². The molecule has 2 atom stereocenters. The van der Waals surface area contributed by atoms with Crippen molar-refractivity contribution in [1.29, 1.82) is 0 Å². The number of nitrogens with zero attached hydrogens (tertiary/aromatic N) is 2. The number of carboxylic acid groups (broad SMARTS) is 1. The van der Waals surface area contributed by atoms with Crippen molar-refractivity contribution in [1.82, 2.24) is 15.1 Å². The van der Waals surface area contributed by atoms with Gasteiger partial charge in [0.1, 0.15) is 11.6 Å². The van der Waals surface area contributed by atoms with E-state index in [2.05, 4.69) is 10.4 Å². The summed E-state index contributed by atoms with van der Waals surface area (Å²) < 4.78 is 1.24. The Labute approximate surface area is 186 Å². The van der Waals surface area contributed by atoms with Crippen LogP contribution in [0.2, 0.25) is 0 Å². The summed E-state index contributed by atoms with van der Waals surface area (Å²) in [4.78, 5) is 38.5. The molecule has 1 amide bonds. The van der Waals surface area contributed by atoms with E-state index in [1.165, 1.54) is 4.68 Å². The van der Waals surface area contributed by atoms with Crippen molar-refractivity contribution in [3.63, 3.8) is 0 Å². The van der Waals surface area contributed by atoms with Gasteiger partial charge >= 0.3 is 5.97 Å². The number of nitrogens with one attached hydrogen (secondary N) is 1. The molecule has 32 heavy (non-hydrogen) atoms. The lowest BCUT2D eigenvalue weighted by atomic mass is 9.94. The Balaban J connectivity index is 2.30. The highest BCUT2D eigenvalue weighted by Crippen LogP contribution is 2.32. The fraction of sp³-hybridized carbons (Fsp3) is 0.280. The van der Waals surface area contributed by atoms with Gasteiger partial charge in [-0.3, -0.25) is 9.59 Å². The molecule has 0 bridgehead atoms. The summed E-state index contributed by atoms with van der Waals surface area (Å²) >= 11 is 0. The van der Waals surface area contributed by atoms with Gasteiger partial charge in [-0.15, -0.1) is 0 Å². The quantitative estimate of drug-likeness (QED) is 0.562. The molecule has 2 N–H and O–H groups in total. The first kappa shape index (κ1) is 22.9. The lowest BCUT2D eigenvalue weighted by molar-refractivity contribution is -0.140. The Bertz CT molecular complexity index is 1160. The molecule has 0 aliphatic heterocycles. The van der Waals surface area contributed by atoms with Crippen molar-refractivity contribution in [2.24, 2.45) is 5.92 Å². The topological polar surface area (TPSA) is 101 Å². The highest BCUT2D eigenvalue weighted by Gasteiger charge is 2.30. The Morgan fingerprint density at radius 3 is 2.06 bits per heavy atom. The van der Waals surface area contributed by atoms with Crippen LogP contribution in [0.3, 0.4) is 0 Å². The Kier molecular flexibility index (Phi) is 7.20. The van der Waals surface area contributed by atoms with Crippen molar-refractivity contribution >= 4 is 11.9 Å². The van der Waals surface area contributed by atoms with Gasteiger partial charge in [0.2, 0.25) is 0 Å². The normalized spacial score (nSPS) is 12.7. The first-order chi connectivity index (χ1) is 15.4. The molecule has 0 aliphatic carbocycles. The first-order valence-corrected chi connectivity index (χ1v) is 10.7. The standard InChI is InChI=1S/C25H27N3O4/c1-4-16(3)21(25(31)32)26-23(29)20-19(17-12-8-6-9-13-17)22(18-14-10-7-11-15-18)27-28(5-2)24(20)30/h6-16,21H,4-5H2,1-3H3,(H,26,29)(H,31,32). The summed E-state index contributed by atoms with van der Waals surface area (Å²) in [5.41, 5.74) is 1.61. The number of carbonyl (C=O) groups is 2. The van der Waals surface area contributed by atoms with Crippen molar-refractivity contribution in [2.75, 3.05) is 0 Å². The molecule has 0 fully saturated rings. The van der Waals surface area contributed by atoms with Crippen LogP contribution >= 0.6 is 0 Å². The van der Waals surface area contributed by atoms with Crippen LogP contribution in [0.4, 0.5) is 0 Å². The van der Waals surface area contributed by atoms with Crippen LogP contribution in [0, 0.1) is 5.92 Å². The minimum absolute atomic E-state index is 0.110. The summed E-state index contributed by atoms with van der Waals surface area (Å²) in [7, 11) is 0. The number of aryl methyl sites for hydroxylation is 1. The molecule has 1 aromatic heterocycles. The largest absolute Gasteiger partial charge is 0.480 e. The number of hydrogen-bond donors (Lipinski definition) is 2. The highest BCUT2D eigenvalue weighted by molar-refractivity contribution is 6.04. The van der Waals surface area contributed by atoms with Gasteiger partial charge < -0.3 is 10.4 Å². The van der Waals surface area contributed by atoms with Gasteiger partial charge in [-0.25, -0.2) is 9.48 Å². The molecule has 2 aromatic carbocycles. The van der Waals surface area contributed by atoms with Crippen LogP contribution in [-0.4, -0.2) is 32.8 Å². The second kappa shape index (κ2) is 10.0. The van der Waals surface area contributed by atoms with Crippen LogP contribution in [-0.2, 0) is 11.3 Å². The zero-order chi connectivity index (χ0) is 23.3. The van der Waals surface area contributed by atoms with Crippen LogP contribution in [0.15, 0.2) is 65.5 Å². The predicted molar refractivity (Wildman–Crippen MR) is 123 cm³/mol. The highest BCUT2D eigenvalue weighted by atomic mass is 16.4. The maximum Gasteiger partial charge on any atom is 0.326 e. The third-order valence-corrected chi connectivity index (χ3v) is 5.56. The lowest BCUT2D eigenvalue weighted by Crippen LogP contribution is -2.47. The maximum absolute atomic E-state index is 13.4. The smallest absolute Gasteiger partial charge is 0.326 e. The van der Waals surface area contributed by atoms with E-state index in [4.69, 9.17) is 0 Å². The number of rotatable bonds is 8. The van der Waals surface area contributed by atoms with Crippen molar-refractivity contribution in [3.8, 4) is 22.4 Å². The van der Waals surface area contributed by atoms with Gasteiger partial charge in [-0.05, 0) is 18.4 Å². The molecular weight excluding hydrogens is 406 g/mol. The average Bonchev–Trinajstić information content (AvgIpc) is 2.82. The van der Waals surface area contributed by atoms with Gasteiger partial charge in [0.05, 0.1) is 5.69 Å². The minimum Gasteiger partial charge on any atom is -0.480 e. The summed E-state index contributed by atoms with van der Waals surface area (Å²) in [5.74, 6) is -2.16. The number of carboxylic acids is 1. The Morgan fingerprint density at radius 1 is 1.00 bits per heavy atom. The molecule has 0 saturated heterocycles. The third-order valence-electron chi connectivity index (χ3n) is 5.56. The van der Waals surface area contributed by atoms with Gasteiger partial charge in [-0.2, -0.15) is 5.10 Å². The molecule has 2 unspecified atom stereocenters. The van der Waals surface area contributed by atoms with E-state index in [0.29, 0.717) is 23.2 Å². The Morgan fingerprint density at radius 2 is 1.56 bits per heavy atom. The summed E-state index contributed by atoms with van der Waals surface area (Å²) in [6.45, 7) is 5.64. The van der Waals surface area contributed by atoms with Gasteiger partial charge in [0.15, 0.2) is 0 Å². The summed E-state index contributed by atoms with van der Waals surface area (Å²) in [6.07, 6.45) is 0.563. The molecule has 7 nitrogen and oxygen atoms in total. The predicted octanol–water partition coefficient (Wildman–Crippen LogP) is 3.83. The van der Waals surface area contributed by atoms with E-state index in [-0.39, 0.29) is 18.0 Å². The molecule has 1 heterocycles. The monoisotopic (exact) mass is 433 g/mol. The number of amides is 1. The number of hydrogen-bond acceptors (Lipinski definition) is 4. The van der Waals surface area contributed by atoms with Crippen LogP contribution in [0.5, 0.6) is 0 Å². The molecule has 0 radical (unpaired) electrons. The number of aromatic nitrogens is 2. The fourth-order valence-corrected chi connectivity index (χ4v) is 3.58. The molecule has 166 valence electrons. The molecule has 0 saturated carbocycles. The van der Waals surface area contributed by atoms with E-state index in [1.807, 2.05) is 55.5 Å². The van der Waals surface area contributed by atoms with Gasteiger partial charge in [0.25, 0.3) is 11.5 Å². The number of carbonyl (C=O) groups excluding carboxylic acids is 1. The summed E-state index contributed by atoms with van der Waals surface area (Å²) in [6, 6.07) is 17.3. The van der Waals surface area contributed by atoms with Crippen molar-refractivity contribution in [3.05, 3.63) is 76.6 Å². The number of benzene rings is 2. The lowest BCUT2D eigenvalue weighted by Gasteiger charge is -2.22. The third kappa shape index (κ3) is 4.61. The maximum atomic E-state index is 13.4. The molecule has 0 aliphatic rings. The summed E-state index contributed by atoms with van der Waals surface area (Å²) in [5, 5.41) is 16.8. The van der Waals surface area contributed by atoms with Gasteiger partial charge in [0, 0.05) is 17.7 Å². The second-order valence-electron chi connectivity index (χ2n) is 7.63. The van der Waals surface area contributed by atoms with E-state index >= 15 is 0 Å². The fourth-order valence-electron chi connectivity index (χ4n) is 3.58. The molecule has 7 heteroatoms. The average molecular weight is 434 g/mol. The van der Waals surface area contributed by atoms with Gasteiger partial charge in [-0.1, -0.05) is 80.9 Å². The van der Waals surface area contributed by atoms with Crippen molar-refractivity contribution < 1.29 is 14.7 Å².